The van der Waals surface area contributed by atoms with E-state index < -0.39 is 0 Å². The average molecular weight is 405 g/mol. The van der Waals surface area contributed by atoms with Gasteiger partial charge in [0.05, 0.1) is 11.4 Å². The summed E-state index contributed by atoms with van der Waals surface area (Å²) in [6.07, 6.45) is 6.20. The lowest BCUT2D eigenvalue weighted by atomic mass is 9.97. The molecule has 1 aliphatic rings. The number of hydrogen-bond acceptors (Lipinski definition) is 4. The van der Waals surface area contributed by atoms with Crippen LogP contribution in [0.3, 0.4) is 0 Å². The molecule has 3 heterocycles. The molecule has 5 nitrogen and oxygen atoms in total. The highest BCUT2D eigenvalue weighted by molar-refractivity contribution is 7.99. The number of rotatable bonds is 5. The van der Waals surface area contributed by atoms with Crippen molar-refractivity contribution in [2.75, 3.05) is 25.4 Å². The van der Waals surface area contributed by atoms with Gasteiger partial charge in [-0.25, -0.2) is 4.98 Å². The minimum absolute atomic E-state index is 0. The number of piperidine rings is 1. The number of aromatic nitrogens is 2. The SMILES string of the molecule is Cc1ccc2nc(CSCC(=O)N3CCC(CN)CC3)cn2c1.Cl.Cl. The first-order valence-electron chi connectivity index (χ1n) is 8.15. The highest BCUT2D eigenvalue weighted by atomic mass is 35.5. The Morgan fingerprint density at radius 2 is 2.00 bits per heavy atom. The van der Waals surface area contributed by atoms with Gasteiger partial charge in [0, 0.05) is 31.2 Å². The molecule has 3 rings (SSSR count). The van der Waals surface area contributed by atoms with Crippen molar-refractivity contribution in [2.24, 2.45) is 11.7 Å². The number of pyridine rings is 1. The van der Waals surface area contributed by atoms with Gasteiger partial charge in [-0.1, -0.05) is 6.07 Å². The van der Waals surface area contributed by atoms with Gasteiger partial charge in [-0.15, -0.1) is 36.6 Å². The number of halogens is 2. The van der Waals surface area contributed by atoms with Crippen molar-refractivity contribution in [3.63, 3.8) is 0 Å². The van der Waals surface area contributed by atoms with Crippen LogP contribution in [-0.4, -0.2) is 45.6 Å². The number of imidazole rings is 1. The van der Waals surface area contributed by atoms with Gasteiger partial charge in [-0.05, 0) is 43.9 Å². The van der Waals surface area contributed by atoms with Crippen LogP contribution in [0.25, 0.3) is 5.65 Å². The number of nitrogens with two attached hydrogens (primary N) is 1. The normalized spacial score (nSPS) is 14.9. The topological polar surface area (TPSA) is 63.6 Å². The van der Waals surface area contributed by atoms with Gasteiger partial charge in [0.25, 0.3) is 0 Å². The maximum Gasteiger partial charge on any atom is 0.232 e. The van der Waals surface area contributed by atoms with Crippen LogP contribution in [0.4, 0.5) is 0 Å². The number of carbonyl (C=O) groups excluding carboxylic acids is 1. The third-order valence-corrected chi connectivity index (χ3v) is 5.38. The lowest BCUT2D eigenvalue weighted by Gasteiger charge is -2.31. The maximum absolute atomic E-state index is 12.2. The van der Waals surface area contributed by atoms with Crippen LogP contribution >= 0.6 is 36.6 Å². The highest BCUT2D eigenvalue weighted by Crippen LogP contribution is 2.18. The van der Waals surface area contributed by atoms with Crippen molar-refractivity contribution in [3.8, 4) is 0 Å². The molecule has 0 radical (unpaired) electrons. The number of thioether (sulfide) groups is 1. The Bertz CT molecular complexity index is 686. The van der Waals surface area contributed by atoms with E-state index in [9.17, 15) is 4.79 Å². The predicted molar refractivity (Wildman–Crippen MR) is 109 cm³/mol. The Hall–Kier alpha value is -0.950. The van der Waals surface area contributed by atoms with Crippen molar-refractivity contribution in [3.05, 3.63) is 35.8 Å². The Balaban J connectivity index is 0.00000156. The van der Waals surface area contributed by atoms with Crippen molar-refractivity contribution >= 4 is 48.1 Å². The number of fused-ring (bicyclic) bond motifs is 1. The molecular formula is C17H26Cl2N4OS. The van der Waals surface area contributed by atoms with Crippen molar-refractivity contribution in [1.82, 2.24) is 14.3 Å². The van der Waals surface area contributed by atoms with Crippen LogP contribution < -0.4 is 5.73 Å². The summed E-state index contributed by atoms with van der Waals surface area (Å²) in [7, 11) is 0. The lowest BCUT2D eigenvalue weighted by Crippen LogP contribution is -2.40. The van der Waals surface area contributed by atoms with E-state index in [1.54, 1.807) is 11.8 Å². The molecule has 1 saturated heterocycles. The van der Waals surface area contributed by atoms with E-state index in [0.29, 0.717) is 11.7 Å². The maximum atomic E-state index is 12.2. The van der Waals surface area contributed by atoms with Gasteiger partial charge < -0.3 is 15.0 Å². The molecule has 0 aromatic carbocycles. The molecule has 2 aromatic rings. The molecular weight excluding hydrogens is 379 g/mol. The highest BCUT2D eigenvalue weighted by Gasteiger charge is 2.21. The van der Waals surface area contributed by atoms with E-state index in [2.05, 4.69) is 24.2 Å². The number of nitrogens with zero attached hydrogens (tertiary/aromatic N) is 3. The summed E-state index contributed by atoms with van der Waals surface area (Å²) < 4.78 is 2.05. The molecule has 1 amide bonds. The van der Waals surface area contributed by atoms with Crippen LogP contribution in [0, 0.1) is 12.8 Å². The second kappa shape index (κ2) is 10.3. The van der Waals surface area contributed by atoms with Crippen molar-refractivity contribution in [2.45, 2.75) is 25.5 Å². The van der Waals surface area contributed by atoms with Crippen LogP contribution in [0.2, 0.25) is 0 Å². The average Bonchev–Trinajstić information content (AvgIpc) is 2.96. The first-order chi connectivity index (χ1) is 11.2. The quantitative estimate of drug-likeness (QED) is 0.831. The number of hydrogen-bond donors (Lipinski definition) is 1. The monoisotopic (exact) mass is 404 g/mol. The minimum Gasteiger partial charge on any atom is -0.342 e. The number of aryl methyl sites for hydroxylation is 1. The Labute approximate surface area is 165 Å². The second-order valence-electron chi connectivity index (χ2n) is 6.26. The smallest absolute Gasteiger partial charge is 0.232 e. The molecule has 140 valence electrons. The van der Waals surface area contributed by atoms with Gasteiger partial charge >= 0.3 is 0 Å². The van der Waals surface area contributed by atoms with Gasteiger partial charge in [0.15, 0.2) is 0 Å². The molecule has 25 heavy (non-hydrogen) atoms. The Morgan fingerprint density at radius 1 is 1.28 bits per heavy atom. The van der Waals surface area contributed by atoms with Gasteiger partial charge in [-0.2, -0.15) is 0 Å². The summed E-state index contributed by atoms with van der Waals surface area (Å²) >= 11 is 1.64. The summed E-state index contributed by atoms with van der Waals surface area (Å²) in [5.74, 6) is 2.13. The molecule has 0 atom stereocenters. The molecule has 8 heteroatoms. The molecule has 0 saturated carbocycles. The number of carbonyl (C=O) groups is 1. The van der Waals surface area contributed by atoms with Crippen LogP contribution in [0.1, 0.15) is 24.1 Å². The van der Waals surface area contributed by atoms with Crippen LogP contribution in [0.5, 0.6) is 0 Å². The van der Waals surface area contributed by atoms with Crippen LogP contribution in [0.15, 0.2) is 24.5 Å². The molecule has 0 bridgehead atoms. The molecule has 1 aliphatic heterocycles. The van der Waals surface area contributed by atoms with E-state index in [0.717, 1.165) is 49.6 Å². The zero-order valence-electron chi connectivity index (χ0n) is 14.4. The standard InChI is InChI=1S/C17H24N4OS.2ClH/c1-13-2-3-16-19-15(10-21(16)9-13)11-23-12-17(22)20-6-4-14(8-18)5-7-20;;/h2-3,9-10,14H,4-8,11-12,18H2,1H3;2*1H. The van der Waals surface area contributed by atoms with E-state index in [1.807, 2.05) is 21.6 Å². The third-order valence-electron chi connectivity index (χ3n) is 4.42. The fourth-order valence-electron chi connectivity index (χ4n) is 2.98. The van der Waals surface area contributed by atoms with E-state index in [4.69, 9.17) is 5.73 Å². The van der Waals surface area contributed by atoms with Crippen LogP contribution in [-0.2, 0) is 10.5 Å². The zero-order chi connectivity index (χ0) is 16.2. The van der Waals surface area contributed by atoms with E-state index in [1.165, 1.54) is 5.56 Å². The molecule has 0 unspecified atom stereocenters. The van der Waals surface area contributed by atoms with Crippen molar-refractivity contribution < 1.29 is 4.79 Å². The fraction of sp³-hybridized carbons (Fsp3) is 0.529. The summed E-state index contributed by atoms with van der Waals surface area (Å²) in [6.45, 7) is 4.52. The Morgan fingerprint density at radius 3 is 2.68 bits per heavy atom. The zero-order valence-corrected chi connectivity index (χ0v) is 16.8. The Kier molecular flexibility index (Phi) is 9.07. The third kappa shape index (κ3) is 5.78. The lowest BCUT2D eigenvalue weighted by molar-refractivity contribution is -0.129. The fourth-order valence-corrected chi connectivity index (χ4v) is 3.78. The largest absolute Gasteiger partial charge is 0.342 e. The van der Waals surface area contributed by atoms with Gasteiger partial charge in [0.1, 0.15) is 5.65 Å². The summed E-state index contributed by atoms with van der Waals surface area (Å²) in [4.78, 5) is 18.8. The predicted octanol–water partition coefficient (Wildman–Crippen LogP) is 2.92. The number of amides is 1. The molecule has 2 aromatic heterocycles. The first-order valence-corrected chi connectivity index (χ1v) is 9.31. The summed E-state index contributed by atoms with van der Waals surface area (Å²) in [5, 5.41) is 0. The molecule has 1 fully saturated rings. The number of likely N-dealkylation sites (tertiary alicyclic amines) is 1. The van der Waals surface area contributed by atoms with E-state index in [-0.39, 0.29) is 30.7 Å². The summed E-state index contributed by atoms with van der Waals surface area (Å²) in [5.41, 5.74) is 8.89. The second-order valence-corrected chi connectivity index (χ2v) is 7.24. The van der Waals surface area contributed by atoms with Gasteiger partial charge in [-0.3, -0.25) is 4.79 Å². The van der Waals surface area contributed by atoms with Crippen molar-refractivity contribution in [1.29, 1.82) is 0 Å². The molecule has 0 spiro atoms. The summed E-state index contributed by atoms with van der Waals surface area (Å²) in [6, 6.07) is 4.09. The molecule has 2 N–H and O–H groups in total. The first kappa shape index (κ1) is 22.1. The molecule has 0 aliphatic carbocycles. The van der Waals surface area contributed by atoms with E-state index >= 15 is 0 Å². The van der Waals surface area contributed by atoms with Gasteiger partial charge in [0.2, 0.25) is 5.91 Å². The minimum atomic E-state index is 0.